The Bertz CT molecular complexity index is 1060. The molecule has 0 amide bonds. The summed E-state index contributed by atoms with van der Waals surface area (Å²) in [7, 11) is 0. The van der Waals surface area contributed by atoms with Gasteiger partial charge in [-0.3, -0.25) is 4.79 Å². The second kappa shape index (κ2) is 6.40. The molecule has 6 nitrogen and oxygen atoms in total. The summed E-state index contributed by atoms with van der Waals surface area (Å²) in [6.07, 6.45) is 8.54. The number of Topliss-reactive ketones (excluding diaryl/α,β-unsaturated/α-hetero) is 1. The van der Waals surface area contributed by atoms with Crippen molar-refractivity contribution in [2.75, 3.05) is 18.0 Å². The van der Waals surface area contributed by atoms with Crippen molar-refractivity contribution in [3.05, 3.63) is 53.1 Å². The third-order valence-electron chi connectivity index (χ3n) is 6.19. The summed E-state index contributed by atoms with van der Waals surface area (Å²) in [5.74, 6) is 2.01. The smallest absolute Gasteiger partial charge is 0.198 e. The highest BCUT2D eigenvalue weighted by atomic mass is 16.1. The molecule has 1 aromatic carbocycles. The number of piperidine rings is 1. The number of hydrogen-bond donors (Lipinski definition) is 0. The Morgan fingerprint density at radius 3 is 2.79 bits per heavy atom. The summed E-state index contributed by atoms with van der Waals surface area (Å²) in [6.45, 7) is 6.09. The maximum Gasteiger partial charge on any atom is 0.198 e. The number of carbonyl (C=O) groups is 1. The van der Waals surface area contributed by atoms with Gasteiger partial charge in [-0.1, -0.05) is 18.2 Å². The van der Waals surface area contributed by atoms with Gasteiger partial charge in [-0.15, -0.1) is 0 Å². The number of carbonyl (C=O) groups excluding carboxylic acids is 1. The topological polar surface area (TPSA) is 63.4 Å². The second-order valence-electron chi connectivity index (χ2n) is 8.49. The number of anilines is 1. The minimum absolute atomic E-state index is 0.294. The minimum Gasteiger partial charge on any atom is -0.353 e. The highest BCUT2D eigenvalue weighted by Gasteiger charge is 2.37. The van der Waals surface area contributed by atoms with Gasteiger partial charge in [0.05, 0.1) is 0 Å². The summed E-state index contributed by atoms with van der Waals surface area (Å²) in [4.78, 5) is 24.0. The third kappa shape index (κ3) is 2.79. The van der Waals surface area contributed by atoms with Crippen LogP contribution in [-0.4, -0.2) is 38.5 Å². The van der Waals surface area contributed by atoms with Gasteiger partial charge < -0.3 is 4.90 Å². The van der Waals surface area contributed by atoms with E-state index < -0.39 is 0 Å². The third-order valence-corrected chi connectivity index (χ3v) is 6.19. The van der Waals surface area contributed by atoms with Gasteiger partial charge in [0.2, 0.25) is 0 Å². The molecule has 0 radical (unpaired) electrons. The molecular formula is C22H25N5O. The van der Waals surface area contributed by atoms with Crippen molar-refractivity contribution in [2.24, 2.45) is 0 Å². The van der Waals surface area contributed by atoms with Crippen LogP contribution in [0.15, 0.2) is 30.6 Å². The lowest BCUT2D eigenvalue weighted by molar-refractivity contribution is -0.121. The normalized spacial score (nSPS) is 18.6. The van der Waals surface area contributed by atoms with Crippen molar-refractivity contribution >= 4 is 17.2 Å². The molecule has 0 unspecified atom stereocenters. The van der Waals surface area contributed by atoms with E-state index in [1.54, 1.807) is 6.20 Å². The maximum absolute atomic E-state index is 12.3. The van der Waals surface area contributed by atoms with Gasteiger partial charge in [0.1, 0.15) is 5.78 Å². The number of hydrogen-bond acceptors (Lipinski definition) is 5. The lowest BCUT2D eigenvalue weighted by atomic mass is 9.85. The minimum atomic E-state index is -0.371. The zero-order valence-electron chi connectivity index (χ0n) is 16.5. The lowest BCUT2D eigenvalue weighted by Crippen LogP contribution is -2.30. The summed E-state index contributed by atoms with van der Waals surface area (Å²) < 4.78 is 1.84. The van der Waals surface area contributed by atoms with Gasteiger partial charge in [-0.05, 0) is 49.8 Å². The molecule has 1 fully saturated rings. The Balaban J connectivity index is 1.45. The van der Waals surface area contributed by atoms with Crippen LogP contribution in [0.5, 0.6) is 0 Å². The first-order valence-corrected chi connectivity index (χ1v) is 10.1. The zero-order valence-corrected chi connectivity index (χ0v) is 16.5. The van der Waals surface area contributed by atoms with Gasteiger partial charge in [0.15, 0.2) is 17.3 Å². The number of fused-ring (bicyclic) bond motifs is 2. The highest BCUT2D eigenvalue weighted by Crippen LogP contribution is 2.36. The largest absolute Gasteiger partial charge is 0.353 e. The molecule has 0 atom stereocenters. The fourth-order valence-corrected chi connectivity index (χ4v) is 4.49. The predicted molar refractivity (Wildman–Crippen MR) is 108 cm³/mol. The Hall–Kier alpha value is -2.76. The molecule has 2 aliphatic rings. The average Bonchev–Trinajstić information content (AvgIpc) is 3.20. The molecule has 144 valence electrons. The lowest BCUT2D eigenvalue weighted by Gasteiger charge is -2.27. The van der Waals surface area contributed by atoms with Crippen LogP contribution in [-0.2, 0) is 23.1 Å². The zero-order chi connectivity index (χ0) is 19.3. The number of rotatable bonds is 3. The van der Waals surface area contributed by atoms with Crippen LogP contribution in [0.1, 0.15) is 55.6 Å². The van der Waals surface area contributed by atoms with E-state index in [1.807, 2.05) is 24.6 Å². The first-order valence-electron chi connectivity index (χ1n) is 10.1. The number of aromatic nitrogens is 4. The van der Waals surface area contributed by atoms with E-state index in [-0.39, 0.29) is 5.41 Å². The van der Waals surface area contributed by atoms with E-state index in [2.05, 4.69) is 33.2 Å². The summed E-state index contributed by atoms with van der Waals surface area (Å²) in [5, 5.41) is 4.67. The molecule has 28 heavy (non-hydrogen) atoms. The molecule has 3 heterocycles. The predicted octanol–water partition coefficient (Wildman–Crippen LogP) is 3.11. The van der Waals surface area contributed by atoms with E-state index in [9.17, 15) is 4.79 Å². The number of ketones is 1. The van der Waals surface area contributed by atoms with Gasteiger partial charge >= 0.3 is 0 Å². The summed E-state index contributed by atoms with van der Waals surface area (Å²) >= 11 is 0. The molecule has 3 aromatic rings. The molecule has 1 saturated heterocycles. The molecule has 5 rings (SSSR count). The van der Waals surface area contributed by atoms with Crippen LogP contribution in [0.3, 0.4) is 0 Å². The molecule has 6 heteroatoms. The number of nitrogens with zero attached hydrogens (tertiary/aromatic N) is 5. The first kappa shape index (κ1) is 17.3. The van der Waals surface area contributed by atoms with Crippen molar-refractivity contribution in [3.63, 3.8) is 0 Å². The summed E-state index contributed by atoms with van der Waals surface area (Å²) in [5.41, 5.74) is 3.90. The van der Waals surface area contributed by atoms with E-state index >= 15 is 0 Å². The molecule has 0 saturated carbocycles. The van der Waals surface area contributed by atoms with Crippen LogP contribution < -0.4 is 4.90 Å². The van der Waals surface area contributed by atoms with Crippen LogP contribution >= 0.6 is 0 Å². The van der Waals surface area contributed by atoms with Crippen molar-refractivity contribution in [3.8, 4) is 0 Å². The van der Waals surface area contributed by atoms with Gasteiger partial charge in [-0.25, -0.2) is 14.5 Å². The Kier molecular flexibility index (Phi) is 3.96. The van der Waals surface area contributed by atoms with Crippen molar-refractivity contribution in [1.82, 2.24) is 19.6 Å². The monoisotopic (exact) mass is 375 g/mol. The molecule has 1 aliphatic heterocycles. The van der Waals surface area contributed by atoms with Gasteiger partial charge in [-0.2, -0.15) is 5.10 Å². The maximum atomic E-state index is 12.3. The SMILES string of the molecule is CC1(C)C(=O)Cc2cc(Cc3nc4c(N5CCCCC5)nccn4n3)ccc21. The van der Waals surface area contributed by atoms with E-state index in [4.69, 9.17) is 4.98 Å². The van der Waals surface area contributed by atoms with Crippen molar-refractivity contribution in [2.45, 2.75) is 51.4 Å². The molecular weight excluding hydrogens is 350 g/mol. The van der Waals surface area contributed by atoms with Crippen LogP contribution in [0, 0.1) is 0 Å². The van der Waals surface area contributed by atoms with E-state index in [0.717, 1.165) is 47.1 Å². The Morgan fingerprint density at radius 2 is 1.96 bits per heavy atom. The quantitative estimate of drug-likeness (QED) is 0.704. The van der Waals surface area contributed by atoms with Crippen LogP contribution in [0.25, 0.3) is 5.65 Å². The van der Waals surface area contributed by atoms with Crippen molar-refractivity contribution in [1.29, 1.82) is 0 Å². The standard InChI is InChI=1S/C22H25N5O/c1-22(2)17-7-6-15(12-16(17)14-18(22)28)13-19-24-21-20(23-8-11-27(21)25-19)26-9-4-3-5-10-26/h6-8,11-12H,3-5,9-10,13-14H2,1-2H3. The average molecular weight is 375 g/mol. The second-order valence-corrected chi connectivity index (χ2v) is 8.49. The highest BCUT2D eigenvalue weighted by molar-refractivity contribution is 5.95. The molecule has 1 aliphatic carbocycles. The van der Waals surface area contributed by atoms with Gasteiger partial charge in [0.25, 0.3) is 0 Å². The molecule has 0 N–H and O–H groups in total. The van der Waals surface area contributed by atoms with Crippen LogP contribution in [0.4, 0.5) is 5.82 Å². The van der Waals surface area contributed by atoms with E-state index in [0.29, 0.717) is 18.6 Å². The Morgan fingerprint density at radius 1 is 1.14 bits per heavy atom. The Labute approximate surface area is 164 Å². The van der Waals surface area contributed by atoms with E-state index in [1.165, 1.54) is 19.3 Å². The van der Waals surface area contributed by atoms with Gasteiger partial charge in [0, 0.05) is 43.7 Å². The fourth-order valence-electron chi connectivity index (χ4n) is 4.49. The number of benzene rings is 1. The van der Waals surface area contributed by atoms with Crippen molar-refractivity contribution < 1.29 is 4.79 Å². The molecule has 0 spiro atoms. The summed E-state index contributed by atoms with van der Waals surface area (Å²) in [6, 6.07) is 6.36. The van der Waals surface area contributed by atoms with Crippen LogP contribution in [0.2, 0.25) is 0 Å². The first-order chi connectivity index (χ1) is 13.5. The molecule has 2 aromatic heterocycles. The molecule has 0 bridgehead atoms. The fraction of sp³-hybridized carbons (Fsp3) is 0.455.